The van der Waals surface area contributed by atoms with Gasteiger partial charge in [-0.2, -0.15) is 0 Å². The summed E-state index contributed by atoms with van der Waals surface area (Å²) >= 11 is 0. The summed E-state index contributed by atoms with van der Waals surface area (Å²) < 4.78 is 13.7. The Hall–Kier alpha value is -2.93. The Bertz CT molecular complexity index is 897. The molecule has 1 fully saturated rings. The monoisotopic (exact) mass is 425 g/mol. The molecule has 0 radical (unpaired) electrons. The number of likely N-dealkylation sites (N-methyl/N-ethyl adjacent to an activating group) is 1. The Morgan fingerprint density at radius 1 is 1.19 bits per heavy atom. The SMILES string of the molecule is CCNC(=NCc1ccc(N2CCCC2=O)cc1)NCC(c1cccc(F)c1)N(C)C. The third-order valence-electron chi connectivity index (χ3n) is 5.41. The lowest BCUT2D eigenvalue weighted by molar-refractivity contribution is -0.117. The van der Waals surface area contributed by atoms with E-state index in [9.17, 15) is 9.18 Å². The molecular formula is C24H32FN5O. The Labute approximate surface area is 184 Å². The van der Waals surface area contributed by atoms with E-state index in [1.165, 1.54) is 6.07 Å². The first-order valence-corrected chi connectivity index (χ1v) is 10.8. The average molecular weight is 426 g/mol. The van der Waals surface area contributed by atoms with Crippen molar-refractivity contribution in [2.45, 2.75) is 32.4 Å². The molecule has 0 saturated carbocycles. The fourth-order valence-corrected chi connectivity index (χ4v) is 3.72. The van der Waals surface area contributed by atoms with Gasteiger partial charge in [-0.25, -0.2) is 9.38 Å². The van der Waals surface area contributed by atoms with Gasteiger partial charge in [0, 0.05) is 31.7 Å². The number of carbonyl (C=O) groups is 1. The Morgan fingerprint density at radius 3 is 2.58 bits per heavy atom. The second kappa shape index (κ2) is 10.9. The predicted octanol–water partition coefficient (Wildman–Crippen LogP) is 3.31. The summed E-state index contributed by atoms with van der Waals surface area (Å²) in [4.78, 5) is 20.5. The molecule has 1 heterocycles. The Morgan fingerprint density at radius 2 is 1.97 bits per heavy atom. The number of nitrogens with zero attached hydrogens (tertiary/aromatic N) is 3. The van der Waals surface area contributed by atoms with Crippen LogP contribution in [0.25, 0.3) is 0 Å². The van der Waals surface area contributed by atoms with E-state index in [4.69, 9.17) is 0 Å². The zero-order chi connectivity index (χ0) is 22.2. The fourth-order valence-electron chi connectivity index (χ4n) is 3.72. The van der Waals surface area contributed by atoms with Gasteiger partial charge in [-0.15, -0.1) is 0 Å². The predicted molar refractivity (Wildman–Crippen MR) is 124 cm³/mol. The number of carbonyl (C=O) groups excluding carboxylic acids is 1. The highest BCUT2D eigenvalue weighted by molar-refractivity contribution is 5.95. The average Bonchev–Trinajstić information content (AvgIpc) is 3.18. The van der Waals surface area contributed by atoms with Gasteiger partial charge in [0.15, 0.2) is 5.96 Å². The first-order valence-electron chi connectivity index (χ1n) is 10.8. The zero-order valence-electron chi connectivity index (χ0n) is 18.6. The number of aliphatic imine (C=N–C) groups is 1. The van der Waals surface area contributed by atoms with Gasteiger partial charge in [0.05, 0.1) is 12.6 Å². The topological polar surface area (TPSA) is 60.0 Å². The maximum absolute atomic E-state index is 13.7. The van der Waals surface area contributed by atoms with E-state index in [0.29, 0.717) is 25.5 Å². The fraction of sp³-hybridized carbons (Fsp3) is 0.417. The second-order valence-electron chi connectivity index (χ2n) is 7.93. The number of amides is 1. The molecule has 6 nitrogen and oxygen atoms in total. The van der Waals surface area contributed by atoms with Crippen molar-refractivity contribution < 1.29 is 9.18 Å². The highest BCUT2D eigenvalue weighted by Crippen LogP contribution is 2.22. The number of benzene rings is 2. The summed E-state index contributed by atoms with van der Waals surface area (Å²) in [5.74, 6) is 0.673. The van der Waals surface area contributed by atoms with Crippen LogP contribution in [0.1, 0.15) is 36.9 Å². The minimum absolute atomic E-state index is 0.0110. The van der Waals surface area contributed by atoms with Crippen molar-refractivity contribution in [1.82, 2.24) is 15.5 Å². The smallest absolute Gasteiger partial charge is 0.227 e. The number of guanidine groups is 1. The van der Waals surface area contributed by atoms with Crippen LogP contribution in [-0.2, 0) is 11.3 Å². The molecule has 2 N–H and O–H groups in total. The van der Waals surface area contributed by atoms with Crippen LogP contribution in [0, 0.1) is 5.82 Å². The molecule has 1 atom stereocenters. The highest BCUT2D eigenvalue weighted by Gasteiger charge is 2.21. The van der Waals surface area contributed by atoms with Gasteiger partial charge < -0.3 is 20.4 Å². The van der Waals surface area contributed by atoms with Crippen molar-refractivity contribution in [2.24, 2.45) is 4.99 Å². The van der Waals surface area contributed by atoms with E-state index in [1.54, 1.807) is 12.1 Å². The molecule has 0 bridgehead atoms. The molecule has 1 aliphatic rings. The normalized spacial score (nSPS) is 15.5. The van der Waals surface area contributed by atoms with E-state index in [1.807, 2.05) is 56.3 Å². The van der Waals surface area contributed by atoms with Crippen molar-refractivity contribution in [2.75, 3.05) is 38.6 Å². The van der Waals surface area contributed by atoms with E-state index in [0.717, 1.165) is 36.3 Å². The minimum atomic E-state index is -0.232. The molecule has 166 valence electrons. The van der Waals surface area contributed by atoms with Crippen LogP contribution in [-0.4, -0.2) is 50.5 Å². The van der Waals surface area contributed by atoms with Crippen LogP contribution in [0.15, 0.2) is 53.5 Å². The second-order valence-corrected chi connectivity index (χ2v) is 7.93. The molecule has 0 spiro atoms. The van der Waals surface area contributed by atoms with Gasteiger partial charge in [-0.3, -0.25) is 4.79 Å². The van der Waals surface area contributed by atoms with E-state index in [2.05, 4.69) is 20.5 Å². The first-order chi connectivity index (χ1) is 15.0. The molecule has 2 aromatic rings. The van der Waals surface area contributed by atoms with Gasteiger partial charge in [-0.1, -0.05) is 24.3 Å². The molecule has 0 aromatic heterocycles. The van der Waals surface area contributed by atoms with E-state index < -0.39 is 0 Å². The molecule has 1 aliphatic heterocycles. The van der Waals surface area contributed by atoms with Gasteiger partial charge in [0.2, 0.25) is 5.91 Å². The number of rotatable bonds is 8. The lowest BCUT2D eigenvalue weighted by Crippen LogP contribution is -2.41. The van der Waals surface area contributed by atoms with Crippen molar-refractivity contribution in [3.63, 3.8) is 0 Å². The summed E-state index contributed by atoms with van der Waals surface area (Å²) in [6.07, 6.45) is 1.56. The molecule has 3 rings (SSSR count). The standard InChI is InChI=1S/C24H32FN5O/c1-4-26-24(28-17-22(29(2)3)19-7-5-8-20(25)15-19)27-16-18-10-12-21(13-11-18)30-14-6-9-23(30)31/h5,7-8,10-13,15,22H,4,6,9,14,16-17H2,1-3H3,(H2,26,27,28). The summed E-state index contributed by atoms with van der Waals surface area (Å²) in [5, 5.41) is 6.64. The summed E-state index contributed by atoms with van der Waals surface area (Å²) in [6.45, 7) is 4.68. The maximum atomic E-state index is 13.7. The Kier molecular flexibility index (Phi) is 8.00. The lowest BCUT2D eigenvalue weighted by atomic mass is 10.1. The third kappa shape index (κ3) is 6.28. The molecular weight excluding hydrogens is 393 g/mol. The van der Waals surface area contributed by atoms with Gasteiger partial charge in [0.25, 0.3) is 0 Å². The number of hydrogen-bond donors (Lipinski definition) is 2. The zero-order valence-corrected chi connectivity index (χ0v) is 18.6. The van der Waals surface area contributed by atoms with E-state index >= 15 is 0 Å². The molecule has 1 saturated heterocycles. The molecule has 2 aromatic carbocycles. The van der Waals surface area contributed by atoms with Crippen LogP contribution >= 0.6 is 0 Å². The number of nitrogens with one attached hydrogen (secondary N) is 2. The van der Waals surface area contributed by atoms with Crippen molar-refractivity contribution >= 4 is 17.6 Å². The maximum Gasteiger partial charge on any atom is 0.227 e. The highest BCUT2D eigenvalue weighted by atomic mass is 19.1. The number of hydrogen-bond acceptors (Lipinski definition) is 3. The van der Waals surface area contributed by atoms with Gasteiger partial charge in [0.1, 0.15) is 5.82 Å². The van der Waals surface area contributed by atoms with Crippen LogP contribution in [0.5, 0.6) is 0 Å². The van der Waals surface area contributed by atoms with Crippen LogP contribution < -0.4 is 15.5 Å². The molecule has 7 heteroatoms. The van der Waals surface area contributed by atoms with E-state index in [-0.39, 0.29) is 17.8 Å². The lowest BCUT2D eigenvalue weighted by Gasteiger charge is -2.26. The Balaban J connectivity index is 1.63. The van der Waals surface area contributed by atoms with Crippen LogP contribution in [0.4, 0.5) is 10.1 Å². The summed E-state index contributed by atoms with van der Waals surface area (Å²) in [7, 11) is 3.96. The van der Waals surface area contributed by atoms with Crippen molar-refractivity contribution in [3.05, 3.63) is 65.5 Å². The van der Waals surface area contributed by atoms with Gasteiger partial charge >= 0.3 is 0 Å². The molecule has 1 unspecified atom stereocenters. The van der Waals surface area contributed by atoms with Crippen molar-refractivity contribution in [3.8, 4) is 0 Å². The number of anilines is 1. The molecule has 1 amide bonds. The molecule has 31 heavy (non-hydrogen) atoms. The third-order valence-corrected chi connectivity index (χ3v) is 5.41. The molecule has 0 aliphatic carbocycles. The van der Waals surface area contributed by atoms with Crippen molar-refractivity contribution in [1.29, 1.82) is 0 Å². The summed E-state index contributed by atoms with van der Waals surface area (Å²) in [6, 6.07) is 14.7. The minimum Gasteiger partial charge on any atom is -0.357 e. The van der Waals surface area contributed by atoms with Gasteiger partial charge in [-0.05, 0) is 62.8 Å². The summed E-state index contributed by atoms with van der Waals surface area (Å²) in [5.41, 5.74) is 2.94. The van der Waals surface area contributed by atoms with Crippen LogP contribution in [0.3, 0.4) is 0 Å². The number of halogens is 1. The first kappa shape index (κ1) is 22.7. The largest absolute Gasteiger partial charge is 0.357 e. The van der Waals surface area contributed by atoms with Crippen LogP contribution in [0.2, 0.25) is 0 Å². The quantitative estimate of drug-likeness (QED) is 0.503.